The molecule has 1 heterocycles. The van der Waals surface area contributed by atoms with Crippen molar-refractivity contribution >= 4 is 5.91 Å². The number of likely N-dealkylation sites (N-methyl/N-ethyl adjacent to an activating group) is 1. The van der Waals surface area contributed by atoms with Crippen molar-refractivity contribution in [3.8, 4) is 0 Å². The number of hydrogen-bond acceptors (Lipinski definition) is 2. The molecule has 2 aromatic rings. The van der Waals surface area contributed by atoms with Crippen LogP contribution in [0.25, 0.3) is 0 Å². The molecule has 6 heteroatoms. The lowest BCUT2D eigenvalue weighted by atomic mass is 9.82. The van der Waals surface area contributed by atoms with Gasteiger partial charge in [0.15, 0.2) is 0 Å². The quantitative estimate of drug-likeness (QED) is 0.867. The first-order valence-corrected chi connectivity index (χ1v) is 7.70. The van der Waals surface area contributed by atoms with Crippen molar-refractivity contribution in [1.29, 1.82) is 0 Å². The smallest absolute Gasteiger partial charge is 0.319 e. The number of carbonyl (C=O) groups is 1. The van der Waals surface area contributed by atoms with Crippen LogP contribution in [0.3, 0.4) is 0 Å². The maximum Gasteiger partial charge on any atom is 0.319 e. The molecule has 0 radical (unpaired) electrons. The van der Waals surface area contributed by atoms with Crippen LogP contribution >= 0.6 is 0 Å². The molecular weight excluding hydrogens is 300 g/mol. The molecule has 3 rings (SSSR count). The average Bonchev–Trinajstić information content (AvgIpc) is 3.02. The highest BCUT2D eigenvalue weighted by Gasteiger charge is 2.29. The van der Waals surface area contributed by atoms with Crippen LogP contribution in [0.1, 0.15) is 42.3 Å². The summed E-state index contributed by atoms with van der Waals surface area (Å²) in [4.78, 5) is 18.2. The van der Waals surface area contributed by atoms with Crippen molar-refractivity contribution in [3.63, 3.8) is 0 Å². The monoisotopic (exact) mass is 319 g/mol. The van der Waals surface area contributed by atoms with E-state index in [-0.39, 0.29) is 24.2 Å². The van der Waals surface area contributed by atoms with E-state index < -0.39 is 6.55 Å². The maximum atomic E-state index is 12.9. The molecule has 1 aromatic heterocycles. The van der Waals surface area contributed by atoms with Crippen molar-refractivity contribution in [2.75, 3.05) is 7.05 Å². The Morgan fingerprint density at radius 1 is 1.43 bits per heavy atom. The molecule has 1 aliphatic carbocycles. The zero-order valence-corrected chi connectivity index (χ0v) is 13.0. The number of aromatic nitrogens is 2. The molecule has 1 aromatic carbocycles. The molecule has 0 saturated heterocycles. The number of halogens is 2. The maximum absolute atomic E-state index is 12.9. The summed E-state index contributed by atoms with van der Waals surface area (Å²) in [6.45, 7) is -2.57. The topological polar surface area (TPSA) is 38.1 Å². The Hall–Kier alpha value is -2.24. The minimum absolute atomic E-state index is 0.0408. The van der Waals surface area contributed by atoms with Gasteiger partial charge in [-0.15, -0.1) is 0 Å². The molecule has 1 aliphatic rings. The molecule has 1 amide bonds. The van der Waals surface area contributed by atoms with Gasteiger partial charge in [-0.2, -0.15) is 8.78 Å². The van der Waals surface area contributed by atoms with Gasteiger partial charge >= 0.3 is 6.55 Å². The van der Waals surface area contributed by atoms with E-state index >= 15 is 0 Å². The molecule has 0 spiro atoms. The molecule has 0 fully saturated rings. The summed E-state index contributed by atoms with van der Waals surface area (Å²) in [6, 6.07) is 7.96. The average molecular weight is 319 g/mol. The fraction of sp³-hybridized carbons (Fsp3) is 0.412. The molecular formula is C17H19F2N3O. The summed E-state index contributed by atoms with van der Waals surface area (Å²) in [5.41, 5.74) is 2.27. The molecule has 0 bridgehead atoms. The number of rotatable bonds is 4. The Morgan fingerprint density at radius 2 is 2.22 bits per heavy atom. The van der Waals surface area contributed by atoms with Crippen LogP contribution in [0, 0.1) is 0 Å². The Labute approximate surface area is 133 Å². The second-order valence-electron chi connectivity index (χ2n) is 5.87. The summed E-state index contributed by atoms with van der Waals surface area (Å²) in [6.07, 6.45) is 5.31. The van der Waals surface area contributed by atoms with Crippen LogP contribution in [0.2, 0.25) is 0 Å². The SMILES string of the molecule is CN(Cc1nccn1C(F)F)C(=O)C1CCCc2ccccc21. The van der Waals surface area contributed by atoms with Gasteiger partial charge in [0.25, 0.3) is 0 Å². The van der Waals surface area contributed by atoms with Gasteiger partial charge in [0, 0.05) is 19.4 Å². The number of nitrogens with zero attached hydrogens (tertiary/aromatic N) is 3. The fourth-order valence-corrected chi connectivity index (χ4v) is 3.21. The largest absolute Gasteiger partial charge is 0.338 e. The van der Waals surface area contributed by atoms with Gasteiger partial charge in [-0.05, 0) is 30.4 Å². The zero-order chi connectivity index (χ0) is 16.4. The van der Waals surface area contributed by atoms with E-state index in [0.29, 0.717) is 0 Å². The van der Waals surface area contributed by atoms with Crippen LogP contribution in [-0.2, 0) is 17.8 Å². The van der Waals surface area contributed by atoms with E-state index in [1.807, 2.05) is 18.2 Å². The van der Waals surface area contributed by atoms with E-state index in [4.69, 9.17) is 0 Å². The molecule has 122 valence electrons. The third kappa shape index (κ3) is 3.11. The number of benzene rings is 1. The Kier molecular flexibility index (Phi) is 4.41. The summed E-state index contributed by atoms with van der Waals surface area (Å²) in [7, 11) is 1.64. The normalized spacial score (nSPS) is 17.1. The lowest BCUT2D eigenvalue weighted by molar-refractivity contribution is -0.132. The summed E-state index contributed by atoms with van der Waals surface area (Å²) < 4.78 is 26.6. The van der Waals surface area contributed by atoms with Crippen molar-refractivity contribution in [3.05, 3.63) is 53.6 Å². The van der Waals surface area contributed by atoms with Crippen LogP contribution in [0.15, 0.2) is 36.7 Å². The highest BCUT2D eigenvalue weighted by molar-refractivity contribution is 5.84. The Bertz CT molecular complexity index is 699. The highest BCUT2D eigenvalue weighted by atomic mass is 19.3. The van der Waals surface area contributed by atoms with Crippen LogP contribution in [0.5, 0.6) is 0 Å². The number of amides is 1. The van der Waals surface area contributed by atoms with Crippen LogP contribution in [-0.4, -0.2) is 27.4 Å². The second kappa shape index (κ2) is 6.48. The van der Waals surface area contributed by atoms with Gasteiger partial charge in [-0.3, -0.25) is 9.36 Å². The summed E-state index contributed by atoms with van der Waals surface area (Å²) in [5, 5.41) is 0. The number of fused-ring (bicyclic) bond motifs is 1. The molecule has 0 N–H and O–H groups in total. The number of alkyl halides is 2. The zero-order valence-electron chi connectivity index (χ0n) is 13.0. The first kappa shape index (κ1) is 15.6. The molecule has 1 unspecified atom stereocenters. The van der Waals surface area contributed by atoms with E-state index in [1.54, 1.807) is 7.05 Å². The van der Waals surface area contributed by atoms with Crippen molar-refractivity contribution in [1.82, 2.24) is 14.5 Å². The number of aryl methyl sites for hydroxylation is 1. The first-order valence-electron chi connectivity index (χ1n) is 7.70. The fourth-order valence-electron chi connectivity index (χ4n) is 3.21. The molecule has 0 saturated carbocycles. The predicted octanol–water partition coefficient (Wildman–Crippen LogP) is 3.36. The summed E-state index contributed by atoms with van der Waals surface area (Å²) >= 11 is 0. The van der Waals surface area contributed by atoms with Gasteiger partial charge in [-0.25, -0.2) is 4.98 Å². The molecule has 4 nitrogen and oxygen atoms in total. The predicted molar refractivity (Wildman–Crippen MR) is 82.1 cm³/mol. The number of hydrogen-bond donors (Lipinski definition) is 0. The van der Waals surface area contributed by atoms with Gasteiger partial charge in [0.2, 0.25) is 5.91 Å². The van der Waals surface area contributed by atoms with Crippen molar-refractivity contribution in [2.24, 2.45) is 0 Å². The van der Waals surface area contributed by atoms with Crippen molar-refractivity contribution < 1.29 is 13.6 Å². The minimum Gasteiger partial charge on any atom is -0.338 e. The number of imidazole rings is 1. The van der Waals surface area contributed by atoms with E-state index in [9.17, 15) is 13.6 Å². The first-order chi connectivity index (χ1) is 11.1. The molecule has 0 aliphatic heterocycles. The lowest BCUT2D eigenvalue weighted by Crippen LogP contribution is -2.34. The van der Waals surface area contributed by atoms with Gasteiger partial charge < -0.3 is 4.90 Å². The van der Waals surface area contributed by atoms with E-state index in [2.05, 4.69) is 11.1 Å². The summed E-state index contributed by atoms with van der Waals surface area (Å²) in [5.74, 6) is -0.0409. The lowest BCUT2D eigenvalue weighted by Gasteiger charge is -2.28. The van der Waals surface area contributed by atoms with Crippen LogP contribution in [0.4, 0.5) is 8.78 Å². The Morgan fingerprint density at radius 3 is 3.00 bits per heavy atom. The standard InChI is InChI=1S/C17H19F2N3O/c1-21(11-15-20-9-10-22(15)17(18)19)16(23)14-8-4-6-12-5-2-3-7-13(12)14/h2-3,5,7,9-10,14,17H,4,6,8,11H2,1H3. The minimum atomic E-state index is -2.65. The third-order valence-electron chi connectivity index (χ3n) is 4.38. The van der Waals surface area contributed by atoms with Gasteiger partial charge in [0.05, 0.1) is 12.5 Å². The molecule has 1 atom stereocenters. The third-order valence-corrected chi connectivity index (χ3v) is 4.38. The molecule has 23 heavy (non-hydrogen) atoms. The van der Waals surface area contributed by atoms with Gasteiger partial charge in [0.1, 0.15) is 5.82 Å². The van der Waals surface area contributed by atoms with E-state index in [1.165, 1.54) is 22.9 Å². The van der Waals surface area contributed by atoms with E-state index in [0.717, 1.165) is 29.4 Å². The van der Waals surface area contributed by atoms with Crippen molar-refractivity contribution in [2.45, 2.75) is 38.3 Å². The van der Waals surface area contributed by atoms with Crippen LogP contribution < -0.4 is 0 Å². The Balaban J connectivity index is 1.77. The van der Waals surface area contributed by atoms with Gasteiger partial charge in [-0.1, -0.05) is 24.3 Å². The highest BCUT2D eigenvalue weighted by Crippen LogP contribution is 2.33. The number of carbonyl (C=O) groups excluding carboxylic acids is 1. The second-order valence-corrected chi connectivity index (χ2v) is 5.87.